The number of aliphatic imine (C=N–C) groups is 1. The molecular weight excluding hydrogens is 445 g/mol. The molecule has 0 bridgehead atoms. The van der Waals surface area contributed by atoms with Crippen LogP contribution in [-0.4, -0.2) is 31.4 Å². The molecule has 172 valence electrons. The van der Waals surface area contributed by atoms with E-state index in [2.05, 4.69) is 22.9 Å². The van der Waals surface area contributed by atoms with Crippen molar-refractivity contribution in [1.29, 1.82) is 0 Å². The maximum Gasteiger partial charge on any atom is 0.416 e. The van der Waals surface area contributed by atoms with E-state index in [9.17, 15) is 13.2 Å². The molecule has 0 radical (unpaired) electrons. The quantitative estimate of drug-likeness (QED) is 0.437. The van der Waals surface area contributed by atoms with Gasteiger partial charge in [-0.2, -0.15) is 13.2 Å². The smallest absolute Gasteiger partial charge is 0.338 e. The van der Waals surface area contributed by atoms with E-state index in [-0.39, 0.29) is 12.1 Å². The first-order valence-corrected chi connectivity index (χ1v) is 12.0. The first-order valence-electron chi connectivity index (χ1n) is 11.1. The Morgan fingerprint density at radius 1 is 1.09 bits per heavy atom. The Labute approximate surface area is 195 Å². The zero-order valence-electron chi connectivity index (χ0n) is 18.7. The third kappa shape index (κ3) is 3.74. The van der Waals surface area contributed by atoms with Crippen LogP contribution in [0.15, 0.2) is 59.7 Å². The molecule has 2 aromatic heterocycles. The molecule has 4 nitrogen and oxygen atoms in total. The van der Waals surface area contributed by atoms with E-state index < -0.39 is 11.7 Å². The summed E-state index contributed by atoms with van der Waals surface area (Å²) in [5.41, 5.74) is 3.69. The normalized spacial score (nSPS) is 22.5. The molecule has 3 aromatic rings. The lowest BCUT2D eigenvalue weighted by atomic mass is 9.95. The summed E-state index contributed by atoms with van der Waals surface area (Å²) in [7, 11) is 0. The molecule has 2 aliphatic heterocycles. The molecule has 8 heteroatoms. The van der Waals surface area contributed by atoms with Crippen molar-refractivity contribution in [1.82, 2.24) is 14.5 Å². The van der Waals surface area contributed by atoms with Gasteiger partial charge < -0.3 is 9.47 Å². The Hall–Kier alpha value is -2.74. The molecule has 4 heterocycles. The van der Waals surface area contributed by atoms with Crippen molar-refractivity contribution < 1.29 is 13.2 Å². The number of pyridine rings is 1. The fourth-order valence-corrected chi connectivity index (χ4v) is 6.33. The maximum absolute atomic E-state index is 13.4. The molecule has 33 heavy (non-hydrogen) atoms. The Morgan fingerprint density at radius 2 is 1.91 bits per heavy atom. The van der Waals surface area contributed by atoms with Crippen molar-refractivity contribution in [2.45, 2.75) is 51.5 Å². The second-order valence-electron chi connectivity index (χ2n) is 8.55. The molecule has 2 aliphatic rings. The fraction of sp³-hybridized carbons (Fsp3) is 0.360. The van der Waals surface area contributed by atoms with Crippen LogP contribution >= 0.6 is 11.8 Å². The predicted molar refractivity (Wildman–Crippen MR) is 126 cm³/mol. The van der Waals surface area contributed by atoms with E-state index in [0.29, 0.717) is 11.7 Å². The first-order chi connectivity index (χ1) is 15.8. The van der Waals surface area contributed by atoms with Crippen molar-refractivity contribution in [2.75, 3.05) is 5.75 Å². The molecule has 1 aromatic carbocycles. The van der Waals surface area contributed by atoms with Gasteiger partial charge in [0.15, 0.2) is 5.17 Å². The van der Waals surface area contributed by atoms with Crippen LogP contribution in [-0.2, 0) is 6.18 Å². The van der Waals surface area contributed by atoms with Crippen molar-refractivity contribution in [2.24, 2.45) is 4.99 Å². The number of thioether (sulfide) groups is 1. The van der Waals surface area contributed by atoms with Gasteiger partial charge in [0, 0.05) is 35.1 Å². The predicted octanol–water partition coefficient (Wildman–Crippen LogP) is 6.49. The number of amidine groups is 1. The summed E-state index contributed by atoms with van der Waals surface area (Å²) in [6.07, 6.45) is -1.59. The highest BCUT2D eigenvalue weighted by atomic mass is 32.2. The molecular formula is C25H25F3N4S. The monoisotopic (exact) mass is 470 g/mol. The van der Waals surface area contributed by atoms with Gasteiger partial charge in [0.25, 0.3) is 0 Å². The molecule has 0 amide bonds. The highest BCUT2D eigenvalue weighted by molar-refractivity contribution is 8.14. The maximum atomic E-state index is 13.4. The van der Waals surface area contributed by atoms with Crippen LogP contribution in [0.4, 0.5) is 13.2 Å². The summed E-state index contributed by atoms with van der Waals surface area (Å²) in [5.74, 6) is 0.993. The summed E-state index contributed by atoms with van der Waals surface area (Å²) >= 11 is 1.78. The fourth-order valence-electron chi connectivity index (χ4n) is 4.99. The van der Waals surface area contributed by atoms with Gasteiger partial charge in [-0.3, -0.25) is 9.98 Å². The number of halogens is 3. The van der Waals surface area contributed by atoms with Crippen LogP contribution in [0, 0.1) is 13.8 Å². The Bertz CT molecular complexity index is 1200. The average Bonchev–Trinajstić information content (AvgIpc) is 3.45. The number of aryl methyl sites for hydroxylation is 1. The molecule has 1 fully saturated rings. The minimum Gasteiger partial charge on any atom is -0.338 e. The molecule has 3 atom stereocenters. The topological polar surface area (TPSA) is 33.4 Å². The van der Waals surface area contributed by atoms with E-state index in [1.165, 1.54) is 12.1 Å². The standard InChI is InChI=1S/C25H25F3N4S/c1-4-18-14-33-24-30-22(21-10-5-6-11-29-21)23(32(18)24)20-12-15(2)31(16(20)3)19-9-7-8-17(13-19)25(26,27)28/h5-13,18,22-23H,4,14H2,1-3H3/t18-,22+,23-/m1/s1. The van der Waals surface area contributed by atoms with Gasteiger partial charge in [-0.25, -0.2) is 0 Å². The van der Waals surface area contributed by atoms with Crippen LogP contribution in [0.5, 0.6) is 0 Å². The first kappa shape index (κ1) is 22.1. The van der Waals surface area contributed by atoms with Crippen molar-refractivity contribution in [3.8, 4) is 5.69 Å². The van der Waals surface area contributed by atoms with E-state index in [1.807, 2.05) is 36.6 Å². The summed E-state index contributed by atoms with van der Waals surface area (Å²) in [6.45, 7) is 6.12. The summed E-state index contributed by atoms with van der Waals surface area (Å²) < 4.78 is 42.0. The number of nitrogens with zero attached hydrogens (tertiary/aromatic N) is 4. The minimum atomic E-state index is -4.38. The van der Waals surface area contributed by atoms with Gasteiger partial charge >= 0.3 is 6.18 Å². The van der Waals surface area contributed by atoms with Crippen LogP contribution in [0.25, 0.3) is 5.69 Å². The Kier molecular flexibility index (Phi) is 5.51. The molecule has 0 saturated carbocycles. The lowest BCUT2D eigenvalue weighted by molar-refractivity contribution is -0.137. The number of hydrogen-bond donors (Lipinski definition) is 0. The van der Waals surface area contributed by atoms with Gasteiger partial charge in [-0.1, -0.05) is 30.8 Å². The number of benzene rings is 1. The van der Waals surface area contributed by atoms with Crippen molar-refractivity contribution >= 4 is 16.9 Å². The van der Waals surface area contributed by atoms with E-state index in [4.69, 9.17) is 4.99 Å². The zero-order chi connectivity index (χ0) is 23.3. The summed E-state index contributed by atoms with van der Waals surface area (Å²) in [4.78, 5) is 12.1. The summed E-state index contributed by atoms with van der Waals surface area (Å²) in [5, 5.41) is 1.03. The third-order valence-electron chi connectivity index (χ3n) is 6.55. The molecule has 0 aliphatic carbocycles. The number of rotatable bonds is 4. The third-order valence-corrected chi connectivity index (χ3v) is 7.68. The summed E-state index contributed by atoms with van der Waals surface area (Å²) in [6, 6.07) is 13.7. The van der Waals surface area contributed by atoms with Crippen LogP contribution in [0.1, 0.15) is 53.6 Å². The zero-order valence-corrected chi connectivity index (χ0v) is 19.5. The molecule has 1 saturated heterocycles. The van der Waals surface area contributed by atoms with Gasteiger partial charge in [0.1, 0.15) is 6.04 Å². The SMILES string of the molecule is CC[C@@H]1CSC2=N[C@@H](c3ccccn3)[C@@H](c3cc(C)n(-c4cccc(C(F)(F)F)c4)c3C)N21. The van der Waals surface area contributed by atoms with Gasteiger partial charge in [0.05, 0.1) is 17.3 Å². The van der Waals surface area contributed by atoms with Gasteiger partial charge in [0.2, 0.25) is 0 Å². The lowest BCUT2D eigenvalue weighted by Crippen LogP contribution is -2.35. The lowest BCUT2D eigenvalue weighted by Gasteiger charge is -2.32. The van der Waals surface area contributed by atoms with Crippen molar-refractivity contribution in [3.05, 3.63) is 82.9 Å². The minimum absolute atomic E-state index is 0.0411. The number of fused-ring (bicyclic) bond motifs is 1. The van der Waals surface area contributed by atoms with Crippen LogP contribution in [0.3, 0.4) is 0 Å². The van der Waals surface area contributed by atoms with E-state index in [0.717, 1.165) is 46.1 Å². The average molecular weight is 471 g/mol. The Balaban J connectivity index is 1.63. The number of hydrogen-bond acceptors (Lipinski definition) is 4. The van der Waals surface area contributed by atoms with E-state index >= 15 is 0 Å². The molecule has 5 rings (SSSR count). The molecule has 0 N–H and O–H groups in total. The second-order valence-corrected chi connectivity index (χ2v) is 9.53. The number of alkyl halides is 3. The van der Waals surface area contributed by atoms with Crippen LogP contribution in [0.2, 0.25) is 0 Å². The molecule has 0 spiro atoms. The van der Waals surface area contributed by atoms with Crippen LogP contribution < -0.4 is 0 Å². The van der Waals surface area contributed by atoms with E-state index in [1.54, 1.807) is 24.0 Å². The highest BCUT2D eigenvalue weighted by Crippen LogP contribution is 2.49. The van der Waals surface area contributed by atoms with Gasteiger partial charge in [-0.15, -0.1) is 0 Å². The highest BCUT2D eigenvalue weighted by Gasteiger charge is 2.46. The largest absolute Gasteiger partial charge is 0.416 e. The second kappa shape index (κ2) is 8.24. The van der Waals surface area contributed by atoms with Crippen molar-refractivity contribution in [3.63, 3.8) is 0 Å². The number of aromatic nitrogens is 2. The Morgan fingerprint density at radius 3 is 2.61 bits per heavy atom. The van der Waals surface area contributed by atoms with Gasteiger partial charge in [-0.05, 0) is 62.2 Å². The molecule has 0 unspecified atom stereocenters.